The van der Waals surface area contributed by atoms with E-state index in [4.69, 9.17) is 10.5 Å². The second kappa shape index (κ2) is 5.56. The highest BCUT2D eigenvalue weighted by Crippen LogP contribution is 2.33. The molecule has 2 aromatic carbocycles. The van der Waals surface area contributed by atoms with Gasteiger partial charge in [-0.05, 0) is 42.3 Å². The third-order valence-corrected chi connectivity index (χ3v) is 4.05. The number of ether oxygens (including phenoxy) is 1. The minimum absolute atomic E-state index is 0.389. The maximum absolute atomic E-state index is 10.7. The van der Waals surface area contributed by atoms with Crippen molar-refractivity contribution in [1.29, 1.82) is 0 Å². The van der Waals surface area contributed by atoms with Gasteiger partial charge in [0.15, 0.2) is 0 Å². The van der Waals surface area contributed by atoms with Crippen LogP contribution < -0.4 is 10.5 Å². The van der Waals surface area contributed by atoms with Crippen molar-refractivity contribution in [3.63, 3.8) is 0 Å². The van der Waals surface area contributed by atoms with Crippen molar-refractivity contribution in [3.8, 4) is 17.0 Å². The van der Waals surface area contributed by atoms with Crippen molar-refractivity contribution in [3.05, 3.63) is 47.5 Å². The predicted molar refractivity (Wildman–Crippen MR) is 89.2 cm³/mol. The molecular formula is C18H18N2O2. The van der Waals surface area contributed by atoms with Crippen LogP contribution >= 0.6 is 0 Å². The molecule has 0 spiro atoms. The first-order valence-corrected chi connectivity index (χ1v) is 7.12. The lowest BCUT2D eigenvalue weighted by Crippen LogP contribution is -1.99. The molecule has 0 atom stereocenters. The number of benzene rings is 2. The standard InChI is InChI=1S/C18H18N2O2/c1-11-12(7-8-21)3-5-15(18(11)19)17-10-13-9-14(22-2)4-6-16(13)20-17/h3-6,8-10,20H,7,19H2,1-2H3. The largest absolute Gasteiger partial charge is 0.497 e. The smallest absolute Gasteiger partial charge is 0.124 e. The number of nitrogen functional groups attached to an aromatic ring is 1. The third-order valence-electron chi connectivity index (χ3n) is 4.05. The zero-order valence-electron chi connectivity index (χ0n) is 12.6. The molecule has 1 aromatic heterocycles. The van der Waals surface area contributed by atoms with Crippen molar-refractivity contribution < 1.29 is 9.53 Å². The molecule has 3 N–H and O–H groups in total. The molecular weight excluding hydrogens is 276 g/mol. The first kappa shape index (κ1) is 14.2. The number of nitrogens with two attached hydrogens (primary N) is 1. The molecule has 0 amide bonds. The lowest BCUT2D eigenvalue weighted by atomic mass is 9.98. The number of nitrogens with one attached hydrogen (secondary N) is 1. The van der Waals surface area contributed by atoms with Crippen LogP contribution in [0, 0.1) is 6.92 Å². The Bertz CT molecular complexity index is 850. The minimum atomic E-state index is 0.389. The second-order valence-corrected chi connectivity index (χ2v) is 5.32. The summed E-state index contributed by atoms with van der Waals surface area (Å²) in [4.78, 5) is 14.1. The van der Waals surface area contributed by atoms with Gasteiger partial charge in [0.1, 0.15) is 12.0 Å². The van der Waals surface area contributed by atoms with Crippen LogP contribution in [0.2, 0.25) is 0 Å². The molecule has 4 heteroatoms. The van der Waals surface area contributed by atoms with Gasteiger partial charge in [0, 0.05) is 34.3 Å². The summed E-state index contributed by atoms with van der Waals surface area (Å²) < 4.78 is 5.25. The Balaban J connectivity index is 2.11. The number of aromatic nitrogens is 1. The second-order valence-electron chi connectivity index (χ2n) is 5.32. The number of rotatable bonds is 4. The van der Waals surface area contributed by atoms with Gasteiger partial charge in [0.05, 0.1) is 7.11 Å². The van der Waals surface area contributed by atoms with Crippen LogP contribution in [0.15, 0.2) is 36.4 Å². The van der Waals surface area contributed by atoms with Crippen LogP contribution in [0.25, 0.3) is 22.2 Å². The van der Waals surface area contributed by atoms with E-state index in [1.165, 1.54) is 0 Å². The van der Waals surface area contributed by atoms with Crippen molar-refractivity contribution in [1.82, 2.24) is 4.98 Å². The zero-order valence-corrected chi connectivity index (χ0v) is 12.6. The fourth-order valence-electron chi connectivity index (χ4n) is 2.70. The third kappa shape index (κ3) is 2.33. The Morgan fingerprint density at radius 1 is 1.23 bits per heavy atom. The van der Waals surface area contributed by atoms with E-state index in [1.54, 1.807) is 7.11 Å². The summed E-state index contributed by atoms with van der Waals surface area (Å²) in [5.41, 5.74) is 11.8. The van der Waals surface area contributed by atoms with Crippen molar-refractivity contribution in [2.45, 2.75) is 13.3 Å². The molecule has 3 aromatic rings. The fourth-order valence-corrected chi connectivity index (χ4v) is 2.70. The van der Waals surface area contributed by atoms with E-state index in [0.29, 0.717) is 12.1 Å². The quantitative estimate of drug-likeness (QED) is 0.572. The molecule has 1 heterocycles. The summed E-state index contributed by atoms with van der Waals surface area (Å²) in [5, 5.41) is 1.07. The maximum Gasteiger partial charge on any atom is 0.124 e. The van der Waals surface area contributed by atoms with Gasteiger partial charge in [0.2, 0.25) is 0 Å². The van der Waals surface area contributed by atoms with E-state index in [2.05, 4.69) is 11.1 Å². The average molecular weight is 294 g/mol. The van der Waals surface area contributed by atoms with Crippen LogP contribution in [-0.2, 0) is 11.2 Å². The number of H-pyrrole nitrogens is 1. The summed E-state index contributed by atoms with van der Waals surface area (Å²) in [7, 11) is 1.65. The maximum atomic E-state index is 10.7. The van der Waals surface area contributed by atoms with E-state index < -0.39 is 0 Å². The molecule has 4 nitrogen and oxygen atoms in total. The lowest BCUT2D eigenvalue weighted by molar-refractivity contribution is -0.107. The normalized spacial score (nSPS) is 10.8. The fraction of sp³-hybridized carbons (Fsp3) is 0.167. The predicted octanol–water partition coefficient (Wildman–Crippen LogP) is 3.48. The molecule has 0 aliphatic rings. The molecule has 0 saturated heterocycles. The Labute approximate surface area is 128 Å². The SMILES string of the molecule is COc1ccc2[nH]c(-c3ccc(CC=O)c(C)c3N)cc2c1. The van der Waals surface area contributed by atoms with E-state index in [9.17, 15) is 4.79 Å². The summed E-state index contributed by atoms with van der Waals surface area (Å²) in [6.07, 6.45) is 1.29. The van der Waals surface area contributed by atoms with E-state index in [-0.39, 0.29) is 0 Å². The number of hydrogen-bond donors (Lipinski definition) is 2. The molecule has 0 fully saturated rings. The van der Waals surface area contributed by atoms with Crippen LogP contribution in [0.4, 0.5) is 5.69 Å². The Morgan fingerprint density at radius 2 is 2.05 bits per heavy atom. The van der Waals surface area contributed by atoms with Crippen molar-refractivity contribution in [2.24, 2.45) is 0 Å². The highest BCUT2D eigenvalue weighted by Gasteiger charge is 2.11. The lowest BCUT2D eigenvalue weighted by Gasteiger charge is -2.10. The van der Waals surface area contributed by atoms with Crippen LogP contribution in [0.1, 0.15) is 11.1 Å². The van der Waals surface area contributed by atoms with Gasteiger partial charge in [-0.3, -0.25) is 0 Å². The van der Waals surface area contributed by atoms with Gasteiger partial charge in [0.25, 0.3) is 0 Å². The number of anilines is 1. The number of aldehydes is 1. The molecule has 0 bridgehead atoms. The number of carbonyl (C=O) groups excluding carboxylic acids is 1. The van der Waals surface area contributed by atoms with Gasteiger partial charge < -0.3 is 20.2 Å². The highest BCUT2D eigenvalue weighted by atomic mass is 16.5. The monoisotopic (exact) mass is 294 g/mol. The first-order chi connectivity index (χ1) is 10.6. The number of aromatic amines is 1. The van der Waals surface area contributed by atoms with E-state index in [1.807, 2.05) is 37.3 Å². The van der Waals surface area contributed by atoms with Crippen LogP contribution in [-0.4, -0.2) is 18.4 Å². The summed E-state index contributed by atoms with van der Waals surface area (Å²) in [5.74, 6) is 0.823. The van der Waals surface area contributed by atoms with Crippen molar-refractivity contribution in [2.75, 3.05) is 12.8 Å². The first-order valence-electron chi connectivity index (χ1n) is 7.12. The summed E-state index contributed by atoms with van der Waals surface area (Å²) >= 11 is 0. The van der Waals surface area contributed by atoms with Gasteiger partial charge in [-0.25, -0.2) is 0 Å². The molecule has 22 heavy (non-hydrogen) atoms. The van der Waals surface area contributed by atoms with E-state index in [0.717, 1.165) is 45.3 Å². The summed E-state index contributed by atoms with van der Waals surface area (Å²) in [6, 6.07) is 11.9. The Morgan fingerprint density at radius 3 is 2.77 bits per heavy atom. The molecule has 0 unspecified atom stereocenters. The van der Waals surface area contributed by atoms with Crippen LogP contribution in [0.5, 0.6) is 5.75 Å². The average Bonchev–Trinajstić information content (AvgIpc) is 2.94. The number of methoxy groups -OCH3 is 1. The van der Waals surface area contributed by atoms with Crippen LogP contribution in [0.3, 0.4) is 0 Å². The minimum Gasteiger partial charge on any atom is -0.497 e. The van der Waals surface area contributed by atoms with Gasteiger partial charge >= 0.3 is 0 Å². The molecule has 0 aliphatic heterocycles. The molecule has 0 aliphatic carbocycles. The number of fused-ring (bicyclic) bond motifs is 1. The highest BCUT2D eigenvalue weighted by molar-refractivity contribution is 5.90. The van der Waals surface area contributed by atoms with E-state index >= 15 is 0 Å². The van der Waals surface area contributed by atoms with Gasteiger partial charge in [-0.2, -0.15) is 0 Å². The molecule has 112 valence electrons. The molecule has 0 saturated carbocycles. The Hall–Kier alpha value is -2.75. The molecule has 3 rings (SSSR count). The molecule has 0 radical (unpaired) electrons. The Kier molecular flexibility index (Phi) is 3.59. The zero-order chi connectivity index (χ0) is 15.7. The van der Waals surface area contributed by atoms with Gasteiger partial charge in [-0.1, -0.05) is 12.1 Å². The van der Waals surface area contributed by atoms with Crippen molar-refractivity contribution >= 4 is 22.9 Å². The summed E-state index contributed by atoms with van der Waals surface area (Å²) in [6.45, 7) is 1.95. The number of hydrogen-bond acceptors (Lipinski definition) is 3. The topological polar surface area (TPSA) is 68.1 Å². The number of carbonyl (C=O) groups is 1. The van der Waals surface area contributed by atoms with Gasteiger partial charge in [-0.15, -0.1) is 0 Å².